The van der Waals surface area contributed by atoms with Crippen molar-refractivity contribution in [3.63, 3.8) is 0 Å². The van der Waals surface area contributed by atoms with Crippen LogP contribution in [0, 0.1) is 0 Å². The van der Waals surface area contributed by atoms with Crippen LogP contribution in [-0.2, 0) is 34.3 Å². The SMILES string of the molecule is CCCCCCCCCCc1ccc(CN(C(=O)C(=O)O)C(C)(C)c2ccc(C(F)(F)F)cc2)cc1. The molecule has 36 heavy (non-hydrogen) atoms. The van der Waals surface area contributed by atoms with Crippen molar-refractivity contribution in [3.8, 4) is 0 Å². The summed E-state index contributed by atoms with van der Waals surface area (Å²) in [5.41, 5.74) is 0.406. The van der Waals surface area contributed by atoms with Crippen LogP contribution in [0.4, 0.5) is 13.2 Å². The summed E-state index contributed by atoms with van der Waals surface area (Å²) in [5.74, 6) is -2.72. The number of nitrogens with zero attached hydrogens (tertiary/aromatic N) is 1. The highest BCUT2D eigenvalue weighted by molar-refractivity contribution is 6.31. The third-order valence-electron chi connectivity index (χ3n) is 6.70. The van der Waals surface area contributed by atoms with E-state index in [-0.39, 0.29) is 6.54 Å². The van der Waals surface area contributed by atoms with Gasteiger partial charge in [0.05, 0.1) is 11.1 Å². The molecule has 4 nitrogen and oxygen atoms in total. The minimum absolute atomic E-state index is 0.0250. The number of alkyl halides is 3. The van der Waals surface area contributed by atoms with E-state index in [9.17, 15) is 27.9 Å². The Morgan fingerprint density at radius 3 is 1.72 bits per heavy atom. The monoisotopic (exact) mass is 505 g/mol. The van der Waals surface area contributed by atoms with Crippen LogP contribution in [0.25, 0.3) is 0 Å². The van der Waals surface area contributed by atoms with Crippen LogP contribution in [0.5, 0.6) is 0 Å². The van der Waals surface area contributed by atoms with Crippen molar-refractivity contribution in [1.82, 2.24) is 4.90 Å². The maximum absolute atomic E-state index is 13.0. The Hall–Kier alpha value is -2.83. The molecule has 0 aliphatic heterocycles. The zero-order valence-corrected chi connectivity index (χ0v) is 21.5. The first-order chi connectivity index (χ1) is 17.0. The lowest BCUT2D eigenvalue weighted by molar-refractivity contribution is -0.159. The van der Waals surface area contributed by atoms with E-state index in [2.05, 4.69) is 6.92 Å². The maximum Gasteiger partial charge on any atom is 0.416 e. The van der Waals surface area contributed by atoms with Crippen LogP contribution in [0.3, 0.4) is 0 Å². The Morgan fingerprint density at radius 2 is 1.22 bits per heavy atom. The lowest BCUT2D eigenvalue weighted by Crippen LogP contribution is -2.48. The molecular formula is C29H38F3NO3. The van der Waals surface area contributed by atoms with Crippen molar-refractivity contribution < 1.29 is 27.9 Å². The van der Waals surface area contributed by atoms with Gasteiger partial charge in [0.15, 0.2) is 0 Å². The normalized spacial score (nSPS) is 11.9. The fourth-order valence-corrected chi connectivity index (χ4v) is 4.32. The fraction of sp³-hybridized carbons (Fsp3) is 0.517. The summed E-state index contributed by atoms with van der Waals surface area (Å²) in [7, 11) is 0. The van der Waals surface area contributed by atoms with Crippen molar-refractivity contribution >= 4 is 11.9 Å². The van der Waals surface area contributed by atoms with Gasteiger partial charge in [0.1, 0.15) is 0 Å². The second-order valence-electron chi connectivity index (χ2n) is 9.87. The van der Waals surface area contributed by atoms with Crippen LogP contribution in [0.15, 0.2) is 48.5 Å². The Morgan fingerprint density at radius 1 is 0.750 bits per heavy atom. The van der Waals surface area contributed by atoms with Crippen LogP contribution >= 0.6 is 0 Å². The van der Waals surface area contributed by atoms with Crippen molar-refractivity contribution in [1.29, 1.82) is 0 Å². The number of carboxylic acid groups (broad SMARTS) is 1. The third-order valence-corrected chi connectivity index (χ3v) is 6.70. The number of carbonyl (C=O) groups is 2. The molecule has 0 unspecified atom stereocenters. The number of carboxylic acids is 1. The molecule has 1 amide bonds. The summed E-state index contributed by atoms with van der Waals surface area (Å²) < 4.78 is 38.9. The van der Waals surface area contributed by atoms with Crippen LogP contribution < -0.4 is 0 Å². The standard InChI is InChI=1S/C29H38F3NO3/c1-4-5-6-7-8-9-10-11-12-22-13-15-23(16-14-22)21-33(26(34)27(35)36)28(2,3)24-17-19-25(20-18-24)29(30,31)32/h13-20H,4-12,21H2,1-3H3,(H,35,36). The van der Waals surface area contributed by atoms with Gasteiger partial charge in [0.2, 0.25) is 0 Å². The van der Waals surface area contributed by atoms with Crippen LogP contribution in [0.1, 0.15) is 94.4 Å². The predicted molar refractivity (Wildman–Crippen MR) is 135 cm³/mol. The minimum atomic E-state index is -4.48. The predicted octanol–water partition coefficient (Wildman–Crippen LogP) is 7.74. The van der Waals surface area contributed by atoms with Gasteiger partial charge >= 0.3 is 18.1 Å². The molecule has 0 saturated carbocycles. The molecule has 0 bridgehead atoms. The second-order valence-corrected chi connectivity index (χ2v) is 9.87. The molecule has 1 N–H and O–H groups in total. The molecule has 2 aromatic rings. The van der Waals surface area contributed by atoms with Crippen LogP contribution in [0.2, 0.25) is 0 Å². The van der Waals surface area contributed by atoms with Gasteiger partial charge < -0.3 is 10.0 Å². The van der Waals surface area contributed by atoms with Crippen molar-refractivity contribution in [2.45, 2.75) is 96.8 Å². The first-order valence-corrected chi connectivity index (χ1v) is 12.8. The summed E-state index contributed by atoms with van der Waals surface area (Å²) in [5, 5.41) is 9.40. The van der Waals surface area contributed by atoms with E-state index in [0.29, 0.717) is 5.56 Å². The molecule has 0 heterocycles. The zero-order valence-electron chi connectivity index (χ0n) is 21.5. The van der Waals surface area contributed by atoms with Crippen LogP contribution in [-0.4, -0.2) is 21.9 Å². The molecule has 198 valence electrons. The van der Waals surface area contributed by atoms with Crippen molar-refractivity contribution in [2.24, 2.45) is 0 Å². The van der Waals surface area contributed by atoms with Gasteiger partial charge in [-0.3, -0.25) is 4.79 Å². The zero-order chi connectivity index (χ0) is 26.8. The molecule has 0 aliphatic rings. The van der Waals surface area contributed by atoms with Gasteiger partial charge in [0, 0.05) is 6.54 Å². The second kappa shape index (κ2) is 13.5. The number of hydrogen-bond acceptors (Lipinski definition) is 2. The highest BCUT2D eigenvalue weighted by Crippen LogP contribution is 2.34. The smallest absolute Gasteiger partial charge is 0.416 e. The highest BCUT2D eigenvalue weighted by Gasteiger charge is 2.37. The van der Waals surface area contributed by atoms with E-state index < -0.39 is 29.2 Å². The molecule has 0 aliphatic carbocycles. The Balaban J connectivity index is 2.04. The molecule has 0 aromatic heterocycles. The van der Waals surface area contributed by atoms with E-state index in [0.717, 1.165) is 30.5 Å². The molecule has 0 radical (unpaired) electrons. The van der Waals surface area contributed by atoms with E-state index in [4.69, 9.17) is 0 Å². The summed E-state index contributed by atoms with van der Waals surface area (Å²) in [6.07, 6.45) is 6.49. The van der Waals surface area contributed by atoms with Crippen molar-refractivity contribution in [2.75, 3.05) is 0 Å². The molecule has 7 heteroatoms. The quantitative estimate of drug-likeness (QED) is 0.224. The molecular weight excluding hydrogens is 467 g/mol. The largest absolute Gasteiger partial charge is 0.474 e. The first kappa shape index (κ1) is 29.4. The average molecular weight is 506 g/mol. The van der Waals surface area contributed by atoms with E-state index in [1.54, 1.807) is 13.8 Å². The number of halogens is 3. The molecule has 0 spiro atoms. The summed E-state index contributed by atoms with van der Waals surface area (Å²) in [6, 6.07) is 12.2. The Kier molecular flexibility index (Phi) is 11.0. The van der Waals surface area contributed by atoms with Gasteiger partial charge in [-0.25, -0.2) is 4.79 Å². The topological polar surface area (TPSA) is 57.6 Å². The van der Waals surface area contributed by atoms with Gasteiger partial charge in [-0.1, -0.05) is 88.3 Å². The van der Waals surface area contributed by atoms with Gasteiger partial charge in [-0.05, 0) is 55.5 Å². The molecule has 0 fully saturated rings. The molecule has 0 atom stereocenters. The third kappa shape index (κ3) is 8.68. The number of unbranched alkanes of at least 4 members (excludes halogenated alkanes) is 7. The lowest BCUT2D eigenvalue weighted by atomic mass is 9.90. The molecule has 2 rings (SSSR count). The van der Waals surface area contributed by atoms with Gasteiger partial charge in [-0.15, -0.1) is 0 Å². The van der Waals surface area contributed by atoms with Gasteiger partial charge in [-0.2, -0.15) is 13.2 Å². The van der Waals surface area contributed by atoms with E-state index in [1.165, 1.54) is 67.5 Å². The number of benzene rings is 2. The maximum atomic E-state index is 13.0. The summed E-state index contributed by atoms with van der Waals surface area (Å²) in [4.78, 5) is 25.3. The fourth-order valence-electron chi connectivity index (χ4n) is 4.32. The van der Waals surface area contributed by atoms with Gasteiger partial charge in [0.25, 0.3) is 0 Å². The molecule has 0 saturated heterocycles. The average Bonchev–Trinajstić information content (AvgIpc) is 2.84. The van der Waals surface area contributed by atoms with Crippen molar-refractivity contribution in [3.05, 3.63) is 70.8 Å². The number of aryl methyl sites for hydroxylation is 1. The van der Waals surface area contributed by atoms with E-state index >= 15 is 0 Å². The Bertz CT molecular complexity index is 967. The first-order valence-electron chi connectivity index (χ1n) is 12.8. The lowest BCUT2D eigenvalue weighted by Gasteiger charge is -2.38. The number of aliphatic carboxylic acids is 1. The highest BCUT2D eigenvalue weighted by atomic mass is 19.4. The number of hydrogen-bond donors (Lipinski definition) is 1. The molecule has 2 aromatic carbocycles. The minimum Gasteiger partial charge on any atom is -0.474 e. The number of rotatable bonds is 13. The summed E-state index contributed by atoms with van der Waals surface area (Å²) >= 11 is 0. The number of amides is 1. The summed E-state index contributed by atoms with van der Waals surface area (Å²) in [6.45, 7) is 5.50. The number of carbonyl (C=O) groups excluding carboxylic acids is 1. The van der Waals surface area contributed by atoms with E-state index in [1.807, 2.05) is 24.3 Å². The Labute approximate surface area is 212 Å².